The zero-order valence-electron chi connectivity index (χ0n) is 6.18. The summed E-state index contributed by atoms with van der Waals surface area (Å²) in [5.74, 6) is 1.54. The summed E-state index contributed by atoms with van der Waals surface area (Å²) in [7, 11) is 0. The highest BCUT2D eigenvalue weighted by atomic mass is 16.1. The topological polar surface area (TPSA) is 17.1 Å². The molecule has 1 rings (SSSR count). The summed E-state index contributed by atoms with van der Waals surface area (Å²) < 4.78 is 0. The number of carbonyl (C=O) groups is 1. The average molecular weight is 126 g/mol. The van der Waals surface area contributed by atoms with Crippen LogP contribution in [-0.2, 0) is 4.79 Å². The molecule has 1 nitrogen and oxygen atoms in total. The number of carbonyl (C=O) groups excluding carboxylic acids is 1. The van der Waals surface area contributed by atoms with E-state index in [9.17, 15) is 4.79 Å². The van der Waals surface area contributed by atoms with Crippen LogP contribution < -0.4 is 0 Å². The Labute approximate surface area is 56.4 Å². The van der Waals surface area contributed by atoms with Gasteiger partial charge < -0.3 is 0 Å². The minimum absolute atomic E-state index is 0.394. The Kier molecular flexibility index (Phi) is 1.89. The minimum atomic E-state index is 0.394. The van der Waals surface area contributed by atoms with Crippen molar-refractivity contribution in [3.8, 4) is 0 Å². The monoisotopic (exact) mass is 126 g/mol. The zero-order chi connectivity index (χ0) is 6.85. The van der Waals surface area contributed by atoms with Crippen LogP contribution in [0.25, 0.3) is 0 Å². The Morgan fingerprint density at radius 3 is 2.56 bits per heavy atom. The van der Waals surface area contributed by atoms with Crippen LogP contribution in [0.15, 0.2) is 0 Å². The lowest BCUT2D eigenvalue weighted by atomic mass is 9.95. The van der Waals surface area contributed by atoms with Gasteiger partial charge in [0.05, 0.1) is 0 Å². The molecule has 0 amide bonds. The Morgan fingerprint density at radius 2 is 2.33 bits per heavy atom. The average Bonchev–Trinajstić information content (AvgIpc) is 2.12. The fourth-order valence-electron chi connectivity index (χ4n) is 1.70. The second kappa shape index (κ2) is 2.51. The molecule has 2 atom stereocenters. The molecule has 1 aliphatic carbocycles. The smallest absolute Gasteiger partial charge is 0.136 e. The highest BCUT2D eigenvalue weighted by Crippen LogP contribution is 2.29. The quantitative estimate of drug-likeness (QED) is 0.525. The van der Waals surface area contributed by atoms with Crippen LogP contribution in [0.5, 0.6) is 0 Å². The Balaban J connectivity index is 2.55. The predicted molar refractivity (Wildman–Crippen MR) is 37.2 cm³/mol. The molecule has 1 heteroatoms. The van der Waals surface area contributed by atoms with Crippen LogP contribution in [0.4, 0.5) is 0 Å². The van der Waals surface area contributed by atoms with Crippen LogP contribution in [0.1, 0.15) is 33.1 Å². The van der Waals surface area contributed by atoms with Gasteiger partial charge in [-0.25, -0.2) is 0 Å². The van der Waals surface area contributed by atoms with Gasteiger partial charge in [-0.2, -0.15) is 0 Å². The molecule has 0 heterocycles. The molecular weight excluding hydrogens is 112 g/mol. The van der Waals surface area contributed by atoms with E-state index < -0.39 is 0 Å². The summed E-state index contributed by atoms with van der Waals surface area (Å²) >= 11 is 0. The molecule has 0 radical (unpaired) electrons. The molecule has 1 saturated carbocycles. The first-order valence-corrected chi connectivity index (χ1v) is 3.78. The molecule has 0 bridgehead atoms. The summed E-state index contributed by atoms with van der Waals surface area (Å²) in [5, 5.41) is 0. The van der Waals surface area contributed by atoms with Gasteiger partial charge in [0.2, 0.25) is 0 Å². The molecule has 0 spiro atoms. The van der Waals surface area contributed by atoms with Crippen molar-refractivity contribution in [2.24, 2.45) is 11.8 Å². The molecule has 0 N–H and O–H groups in total. The van der Waals surface area contributed by atoms with Gasteiger partial charge in [0.1, 0.15) is 5.78 Å². The van der Waals surface area contributed by atoms with Gasteiger partial charge in [-0.1, -0.05) is 13.8 Å². The Hall–Kier alpha value is -0.330. The first-order valence-electron chi connectivity index (χ1n) is 3.78. The van der Waals surface area contributed by atoms with E-state index in [1.165, 1.54) is 0 Å². The van der Waals surface area contributed by atoms with Gasteiger partial charge >= 0.3 is 0 Å². The first kappa shape index (κ1) is 6.79. The largest absolute Gasteiger partial charge is 0.299 e. The fourth-order valence-corrected chi connectivity index (χ4v) is 1.70. The lowest BCUT2D eigenvalue weighted by Crippen LogP contribution is -2.10. The van der Waals surface area contributed by atoms with Crippen LogP contribution in [0.2, 0.25) is 0 Å². The normalized spacial score (nSPS) is 35.6. The van der Waals surface area contributed by atoms with Crippen molar-refractivity contribution in [3.05, 3.63) is 0 Å². The predicted octanol–water partition coefficient (Wildman–Crippen LogP) is 2.01. The lowest BCUT2D eigenvalue weighted by molar-refractivity contribution is -0.121. The van der Waals surface area contributed by atoms with E-state index >= 15 is 0 Å². The maximum Gasteiger partial charge on any atom is 0.136 e. The molecule has 0 aromatic rings. The van der Waals surface area contributed by atoms with E-state index in [4.69, 9.17) is 0 Å². The Bertz CT molecular complexity index is 118. The molecule has 0 saturated heterocycles. The number of hydrogen-bond donors (Lipinski definition) is 0. The molecule has 2 unspecified atom stereocenters. The van der Waals surface area contributed by atoms with E-state index in [-0.39, 0.29) is 0 Å². The second-order valence-electron chi connectivity index (χ2n) is 3.00. The standard InChI is InChI=1S/C8H14O/c1-3-7-6(2)4-5-8(7)9/h6-7H,3-5H2,1-2H3. The lowest BCUT2D eigenvalue weighted by Gasteiger charge is -2.08. The van der Waals surface area contributed by atoms with Crippen molar-refractivity contribution in [3.63, 3.8) is 0 Å². The van der Waals surface area contributed by atoms with Crippen molar-refractivity contribution in [2.45, 2.75) is 33.1 Å². The summed E-state index contributed by atoms with van der Waals surface area (Å²) in [5.41, 5.74) is 0. The highest BCUT2D eigenvalue weighted by Gasteiger charge is 2.29. The molecule has 52 valence electrons. The van der Waals surface area contributed by atoms with Crippen LogP contribution in [0, 0.1) is 11.8 Å². The van der Waals surface area contributed by atoms with Gasteiger partial charge in [0, 0.05) is 12.3 Å². The molecule has 0 aromatic heterocycles. The Morgan fingerprint density at radius 1 is 1.67 bits per heavy atom. The molecule has 1 aliphatic rings. The van der Waals surface area contributed by atoms with Crippen molar-refractivity contribution < 1.29 is 4.79 Å². The van der Waals surface area contributed by atoms with Gasteiger partial charge in [0.15, 0.2) is 0 Å². The van der Waals surface area contributed by atoms with Crippen molar-refractivity contribution >= 4 is 5.78 Å². The van der Waals surface area contributed by atoms with Crippen molar-refractivity contribution in [1.82, 2.24) is 0 Å². The number of rotatable bonds is 1. The third-order valence-corrected chi connectivity index (χ3v) is 2.39. The molecule has 0 aliphatic heterocycles. The van der Waals surface area contributed by atoms with E-state index in [1.54, 1.807) is 0 Å². The van der Waals surface area contributed by atoms with E-state index in [0.29, 0.717) is 17.6 Å². The third kappa shape index (κ3) is 1.15. The maximum atomic E-state index is 11.0. The number of Topliss-reactive ketones (excluding diaryl/α,β-unsaturated/α-hetero) is 1. The van der Waals surface area contributed by atoms with Gasteiger partial charge in [-0.15, -0.1) is 0 Å². The minimum Gasteiger partial charge on any atom is -0.299 e. The number of ketones is 1. The van der Waals surface area contributed by atoms with Crippen molar-refractivity contribution in [1.29, 1.82) is 0 Å². The second-order valence-corrected chi connectivity index (χ2v) is 3.00. The summed E-state index contributed by atoms with van der Waals surface area (Å²) in [6.45, 7) is 4.28. The van der Waals surface area contributed by atoms with E-state index in [0.717, 1.165) is 19.3 Å². The van der Waals surface area contributed by atoms with E-state index in [2.05, 4.69) is 13.8 Å². The van der Waals surface area contributed by atoms with Crippen LogP contribution in [0.3, 0.4) is 0 Å². The summed E-state index contributed by atoms with van der Waals surface area (Å²) in [6.07, 6.45) is 3.00. The summed E-state index contributed by atoms with van der Waals surface area (Å²) in [6, 6.07) is 0. The molecule has 1 fully saturated rings. The van der Waals surface area contributed by atoms with Crippen molar-refractivity contribution in [2.75, 3.05) is 0 Å². The molecular formula is C8H14O. The van der Waals surface area contributed by atoms with Gasteiger partial charge in [-0.3, -0.25) is 4.79 Å². The summed E-state index contributed by atoms with van der Waals surface area (Å²) in [4.78, 5) is 11.0. The zero-order valence-corrected chi connectivity index (χ0v) is 6.18. The molecule has 9 heavy (non-hydrogen) atoms. The third-order valence-electron chi connectivity index (χ3n) is 2.39. The van der Waals surface area contributed by atoms with Crippen LogP contribution >= 0.6 is 0 Å². The number of hydrogen-bond acceptors (Lipinski definition) is 1. The SMILES string of the molecule is CCC1C(=O)CCC1C. The van der Waals surface area contributed by atoms with Crippen LogP contribution in [-0.4, -0.2) is 5.78 Å². The molecule has 0 aromatic carbocycles. The fraction of sp³-hybridized carbons (Fsp3) is 0.875. The van der Waals surface area contributed by atoms with Gasteiger partial charge in [-0.05, 0) is 18.8 Å². The highest BCUT2D eigenvalue weighted by molar-refractivity contribution is 5.83. The first-order chi connectivity index (χ1) is 4.25. The van der Waals surface area contributed by atoms with Gasteiger partial charge in [0.25, 0.3) is 0 Å². The van der Waals surface area contributed by atoms with E-state index in [1.807, 2.05) is 0 Å². The maximum absolute atomic E-state index is 11.0.